The van der Waals surface area contributed by atoms with Crippen molar-refractivity contribution in [2.24, 2.45) is 0 Å². The first kappa shape index (κ1) is 21.9. The highest BCUT2D eigenvalue weighted by atomic mass is 35.5. The van der Waals surface area contributed by atoms with Crippen molar-refractivity contribution in [3.8, 4) is 27.8 Å². The number of halogens is 1. The van der Waals surface area contributed by atoms with Crippen LogP contribution in [0.5, 0.6) is 17.2 Å². The first-order valence-corrected chi connectivity index (χ1v) is 10.7. The van der Waals surface area contributed by atoms with E-state index in [-0.39, 0.29) is 5.91 Å². The SMILES string of the molecule is CCOc1cc(C(=O)Nc2nnc(-c3ccc(Cl)cc3)s2)cc(OCC)c1OCC. The van der Waals surface area contributed by atoms with E-state index in [1.165, 1.54) is 11.3 Å². The number of hydrogen-bond acceptors (Lipinski definition) is 7. The number of carbonyl (C=O) groups excluding carboxylic acids is 1. The molecule has 1 N–H and O–H groups in total. The van der Waals surface area contributed by atoms with Crippen LogP contribution in [0.2, 0.25) is 5.02 Å². The maximum atomic E-state index is 12.8. The molecule has 0 aliphatic rings. The van der Waals surface area contributed by atoms with Gasteiger partial charge in [-0.1, -0.05) is 35.1 Å². The van der Waals surface area contributed by atoms with Crippen molar-refractivity contribution in [3.63, 3.8) is 0 Å². The van der Waals surface area contributed by atoms with Gasteiger partial charge in [0.15, 0.2) is 11.5 Å². The third kappa shape index (κ3) is 5.20. The fourth-order valence-corrected chi connectivity index (χ4v) is 3.54. The highest BCUT2D eigenvalue weighted by Crippen LogP contribution is 2.39. The number of ether oxygens (including phenoxy) is 3. The molecule has 1 heterocycles. The van der Waals surface area contributed by atoms with Crippen LogP contribution in [0.25, 0.3) is 10.6 Å². The molecule has 1 amide bonds. The minimum absolute atomic E-state index is 0.348. The average Bonchev–Trinajstić information content (AvgIpc) is 3.19. The largest absolute Gasteiger partial charge is 0.490 e. The summed E-state index contributed by atoms with van der Waals surface area (Å²) in [6.45, 7) is 6.91. The normalized spacial score (nSPS) is 10.5. The molecule has 0 atom stereocenters. The second kappa shape index (κ2) is 10.3. The Bertz CT molecular complexity index is 981. The van der Waals surface area contributed by atoms with Crippen LogP contribution in [-0.4, -0.2) is 35.9 Å². The minimum atomic E-state index is -0.348. The summed E-state index contributed by atoms with van der Waals surface area (Å²) in [5.41, 5.74) is 1.24. The van der Waals surface area contributed by atoms with E-state index in [0.29, 0.717) is 57.8 Å². The fraction of sp³-hybridized carbons (Fsp3) is 0.286. The van der Waals surface area contributed by atoms with Gasteiger partial charge in [-0.25, -0.2) is 0 Å². The molecule has 0 bridgehead atoms. The van der Waals surface area contributed by atoms with Crippen LogP contribution in [0.4, 0.5) is 5.13 Å². The van der Waals surface area contributed by atoms with E-state index in [9.17, 15) is 4.79 Å². The summed E-state index contributed by atoms with van der Waals surface area (Å²) in [5.74, 6) is 1.04. The van der Waals surface area contributed by atoms with E-state index < -0.39 is 0 Å². The molecule has 30 heavy (non-hydrogen) atoms. The molecule has 0 aliphatic carbocycles. The Morgan fingerprint density at radius 3 is 2.13 bits per heavy atom. The Morgan fingerprint density at radius 1 is 0.967 bits per heavy atom. The van der Waals surface area contributed by atoms with E-state index in [2.05, 4.69) is 15.5 Å². The smallest absolute Gasteiger partial charge is 0.257 e. The second-order valence-corrected chi connectivity index (χ2v) is 7.39. The summed E-state index contributed by atoms with van der Waals surface area (Å²) in [7, 11) is 0. The topological polar surface area (TPSA) is 82.6 Å². The summed E-state index contributed by atoms with van der Waals surface area (Å²) in [6.07, 6.45) is 0. The summed E-state index contributed by atoms with van der Waals surface area (Å²) in [4.78, 5) is 12.8. The Kier molecular flexibility index (Phi) is 7.48. The number of amides is 1. The molecule has 0 saturated heterocycles. The first-order valence-electron chi connectivity index (χ1n) is 9.52. The molecule has 0 unspecified atom stereocenters. The number of nitrogens with zero attached hydrogens (tertiary/aromatic N) is 2. The van der Waals surface area contributed by atoms with Gasteiger partial charge in [-0.2, -0.15) is 0 Å². The number of benzene rings is 2. The maximum absolute atomic E-state index is 12.8. The molecule has 2 aromatic carbocycles. The highest BCUT2D eigenvalue weighted by Gasteiger charge is 2.19. The Hall–Kier alpha value is -2.84. The number of hydrogen-bond donors (Lipinski definition) is 1. The van der Waals surface area contributed by atoms with E-state index in [4.69, 9.17) is 25.8 Å². The quantitative estimate of drug-likeness (QED) is 0.478. The Labute approximate surface area is 184 Å². The lowest BCUT2D eigenvalue weighted by Gasteiger charge is -2.16. The van der Waals surface area contributed by atoms with Crippen molar-refractivity contribution in [2.45, 2.75) is 20.8 Å². The van der Waals surface area contributed by atoms with Gasteiger partial charge in [0.1, 0.15) is 5.01 Å². The molecule has 9 heteroatoms. The number of aromatic nitrogens is 2. The van der Waals surface area contributed by atoms with Crippen molar-refractivity contribution >= 4 is 34.0 Å². The molecule has 0 aliphatic heterocycles. The lowest BCUT2D eigenvalue weighted by atomic mass is 10.1. The van der Waals surface area contributed by atoms with E-state index in [1.54, 1.807) is 24.3 Å². The van der Waals surface area contributed by atoms with Gasteiger partial charge in [0.05, 0.1) is 19.8 Å². The van der Waals surface area contributed by atoms with Crippen LogP contribution in [-0.2, 0) is 0 Å². The molecule has 3 aromatic rings. The van der Waals surface area contributed by atoms with Gasteiger partial charge < -0.3 is 14.2 Å². The lowest BCUT2D eigenvalue weighted by molar-refractivity contribution is 0.102. The van der Waals surface area contributed by atoms with Gasteiger partial charge in [-0.15, -0.1) is 10.2 Å². The van der Waals surface area contributed by atoms with Crippen molar-refractivity contribution in [2.75, 3.05) is 25.1 Å². The van der Waals surface area contributed by atoms with Crippen molar-refractivity contribution in [1.82, 2.24) is 10.2 Å². The molecular formula is C21H22ClN3O4S. The molecule has 0 spiro atoms. The van der Waals surface area contributed by atoms with Gasteiger partial charge >= 0.3 is 0 Å². The van der Waals surface area contributed by atoms with Crippen LogP contribution >= 0.6 is 22.9 Å². The predicted octanol–water partition coefficient (Wildman–Crippen LogP) is 5.31. The van der Waals surface area contributed by atoms with Crippen LogP contribution in [0.3, 0.4) is 0 Å². The van der Waals surface area contributed by atoms with Gasteiger partial charge in [0.2, 0.25) is 10.9 Å². The van der Waals surface area contributed by atoms with Crippen molar-refractivity contribution in [3.05, 3.63) is 47.0 Å². The van der Waals surface area contributed by atoms with E-state index >= 15 is 0 Å². The highest BCUT2D eigenvalue weighted by molar-refractivity contribution is 7.18. The van der Waals surface area contributed by atoms with Gasteiger partial charge in [0.25, 0.3) is 5.91 Å². The van der Waals surface area contributed by atoms with Crippen LogP contribution in [0, 0.1) is 0 Å². The zero-order chi connectivity index (χ0) is 21.5. The van der Waals surface area contributed by atoms with E-state index in [1.807, 2.05) is 32.9 Å². The molecule has 3 rings (SSSR count). The van der Waals surface area contributed by atoms with E-state index in [0.717, 1.165) is 5.56 Å². The van der Waals surface area contributed by atoms with Crippen molar-refractivity contribution in [1.29, 1.82) is 0 Å². The summed E-state index contributed by atoms with van der Waals surface area (Å²) in [5, 5.41) is 12.7. The molecule has 0 fully saturated rings. The van der Waals surface area contributed by atoms with Crippen LogP contribution < -0.4 is 19.5 Å². The minimum Gasteiger partial charge on any atom is -0.490 e. The zero-order valence-electron chi connectivity index (χ0n) is 16.9. The average molecular weight is 448 g/mol. The summed E-state index contributed by atoms with van der Waals surface area (Å²) < 4.78 is 17.0. The third-order valence-electron chi connectivity index (χ3n) is 3.91. The molecule has 0 saturated carbocycles. The van der Waals surface area contributed by atoms with Crippen molar-refractivity contribution < 1.29 is 19.0 Å². The molecular weight excluding hydrogens is 426 g/mol. The number of carbonyl (C=O) groups is 1. The monoisotopic (exact) mass is 447 g/mol. The first-order chi connectivity index (χ1) is 14.5. The second-order valence-electron chi connectivity index (χ2n) is 5.97. The predicted molar refractivity (Wildman–Crippen MR) is 118 cm³/mol. The third-order valence-corrected chi connectivity index (χ3v) is 5.05. The Morgan fingerprint density at radius 2 is 1.57 bits per heavy atom. The fourth-order valence-electron chi connectivity index (χ4n) is 2.67. The number of anilines is 1. The molecule has 158 valence electrons. The zero-order valence-corrected chi connectivity index (χ0v) is 18.5. The standard InChI is InChI=1S/C21H22ClN3O4S/c1-4-27-16-11-14(12-17(28-5-2)18(16)29-6-3)19(26)23-21-25-24-20(30-21)13-7-9-15(22)10-8-13/h7-12H,4-6H2,1-3H3,(H,23,25,26). The summed E-state index contributed by atoms with van der Waals surface area (Å²) >= 11 is 7.19. The molecule has 1 aromatic heterocycles. The number of nitrogens with one attached hydrogen (secondary N) is 1. The van der Waals surface area contributed by atoms with Crippen LogP contribution in [0.1, 0.15) is 31.1 Å². The maximum Gasteiger partial charge on any atom is 0.257 e. The number of rotatable bonds is 9. The van der Waals surface area contributed by atoms with Crippen LogP contribution in [0.15, 0.2) is 36.4 Å². The molecule has 7 nitrogen and oxygen atoms in total. The summed E-state index contributed by atoms with van der Waals surface area (Å²) in [6, 6.07) is 10.5. The van der Waals surface area contributed by atoms with Gasteiger partial charge in [0, 0.05) is 16.1 Å². The Balaban J connectivity index is 1.85. The lowest BCUT2D eigenvalue weighted by Crippen LogP contribution is -2.13. The van der Waals surface area contributed by atoms with Gasteiger partial charge in [-0.3, -0.25) is 10.1 Å². The molecule has 0 radical (unpaired) electrons. The van der Waals surface area contributed by atoms with Gasteiger partial charge in [-0.05, 0) is 45.0 Å².